The molecule has 3 saturated carbocycles. The molecule has 342 valence electrons. The zero-order valence-corrected chi connectivity index (χ0v) is 37.8. The fraction of sp³-hybridized carbons (Fsp3) is 0.789. The average molecular weight is 920 g/mol. The molecule has 4 fully saturated rings. The summed E-state index contributed by atoms with van der Waals surface area (Å²) >= 11 is 0. The van der Waals surface area contributed by atoms with E-state index in [2.05, 4.69) is 73.3 Å². The number of rotatable bonds is 15. The molecule has 7 rings (SSSR count). The number of carbonyl (C=O) groups is 1. The first kappa shape index (κ1) is 46.7. The maximum atomic E-state index is 12.7. The molecule has 7 N–H and O–H groups in total. The van der Waals surface area contributed by atoms with Crippen molar-refractivity contribution in [2.75, 3.05) is 12.3 Å². The van der Waals surface area contributed by atoms with Gasteiger partial charge in [0.25, 0.3) is 0 Å². The molecule has 0 aromatic carbocycles. The van der Waals surface area contributed by atoms with Crippen molar-refractivity contribution < 1.29 is 70.5 Å². The SMILES string of the molecule is CC(C)CCC[C@@H](C)[C@H]1CC[C@H]2[C@@H]3CC=C4CC(OC(=O)OP(=O)(O)OP(=O)(O)OP(=O)(O)OC[C@H]5O[C@@H](n6cnc7c(N)ncnc76)[C@H](O)[C@@H]5O)CC[C@]4(C)[C@H]3CC[C@]12C. The third-order valence-electron chi connectivity index (χ3n) is 14.5. The van der Waals surface area contributed by atoms with Crippen LogP contribution in [-0.4, -0.2) is 81.6 Å². The third kappa shape index (κ3) is 9.72. The number of nitrogens with zero attached hydrogens (tertiary/aromatic N) is 4. The molecule has 20 nitrogen and oxygen atoms in total. The van der Waals surface area contributed by atoms with Gasteiger partial charge in [-0.1, -0.05) is 65.5 Å². The topological polar surface area (TPSA) is 294 Å². The molecule has 15 atom stereocenters. The number of hydrogen-bond donors (Lipinski definition) is 6. The van der Waals surface area contributed by atoms with Crippen LogP contribution in [0.1, 0.15) is 111 Å². The number of aliphatic hydroxyl groups excluding tert-OH is 2. The lowest BCUT2D eigenvalue weighted by atomic mass is 9.47. The number of aliphatic hydroxyl groups is 2. The summed E-state index contributed by atoms with van der Waals surface area (Å²) in [6, 6.07) is 0. The Labute approximate surface area is 354 Å². The van der Waals surface area contributed by atoms with Crippen molar-refractivity contribution in [3.05, 3.63) is 24.3 Å². The highest BCUT2D eigenvalue weighted by molar-refractivity contribution is 7.67. The number of nitrogen functional groups attached to an aromatic ring is 1. The van der Waals surface area contributed by atoms with Crippen LogP contribution in [0, 0.1) is 46.3 Å². The number of ether oxygens (including phenoxy) is 2. The van der Waals surface area contributed by atoms with E-state index in [1.165, 1.54) is 55.0 Å². The largest absolute Gasteiger partial charge is 0.541 e. The highest BCUT2D eigenvalue weighted by atomic mass is 31.3. The van der Waals surface area contributed by atoms with E-state index >= 15 is 0 Å². The van der Waals surface area contributed by atoms with Crippen LogP contribution in [0.15, 0.2) is 24.3 Å². The van der Waals surface area contributed by atoms with Gasteiger partial charge in [-0.2, -0.15) is 8.62 Å². The van der Waals surface area contributed by atoms with Crippen molar-refractivity contribution in [3.63, 3.8) is 0 Å². The summed E-state index contributed by atoms with van der Waals surface area (Å²) in [4.78, 5) is 55.0. The van der Waals surface area contributed by atoms with Crippen LogP contribution in [-0.2, 0) is 40.8 Å². The summed E-state index contributed by atoms with van der Waals surface area (Å²) in [5, 5.41) is 21.1. The van der Waals surface area contributed by atoms with Gasteiger partial charge in [0.15, 0.2) is 17.7 Å². The maximum absolute atomic E-state index is 12.7. The van der Waals surface area contributed by atoms with Crippen LogP contribution in [0.4, 0.5) is 10.6 Å². The summed E-state index contributed by atoms with van der Waals surface area (Å²) in [5.74, 6) is 3.97. The Balaban J connectivity index is 0.888. The average Bonchev–Trinajstić information content (AvgIpc) is 3.82. The van der Waals surface area contributed by atoms with E-state index in [4.69, 9.17) is 15.2 Å². The standard InChI is InChI=1S/C38H60N5O15P3/c1-21(2)7-6-8-22(3)26-11-12-27-25-10-9-23-17-24(13-15-37(23,4)28(25)14-16-38(26,27)5)54-36(46)56-60(49,50)58-61(51,52)57-59(47,48)53-18-29-31(44)32(45)35(55-29)43-20-42-30-33(39)40-19-41-34(30)43/h9,19-22,24-29,31-32,35,44-45H,6-8,10-18H2,1-5H3,(H,47,48)(H,49,50)(H,51,52)(H2,39,40,41)/t22-,24?,25+,26-,27+,28+,29-,31-,32-,35-,37+,38-/m1/s1. The number of imidazole rings is 1. The Morgan fingerprint density at radius 3 is 2.43 bits per heavy atom. The van der Waals surface area contributed by atoms with Gasteiger partial charge in [-0.05, 0) is 91.3 Å². The lowest BCUT2D eigenvalue weighted by molar-refractivity contribution is -0.0600. The number of fused-ring (bicyclic) bond motifs is 6. The fourth-order valence-corrected chi connectivity index (χ4v) is 15.0. The molecule has 5 aliphatic rings. The Bertz CT molecular complexity index is 2120. The van der Waals surface area contributed by atoms with E-state index in [0.29, 0.717) is 41.9 Å². The Hall–Kier alpha value is -2.31. The zero-order chi connectivity index (χ0) is 44.3. The minimum atomic E-state index is -5.97. The third-order valence-corrected chi connectivity index (χ3v) is 18.7. The molecular weight excluding hydrogens is 859 g/mol. The van der Waals surface area contributed by atoms with E-state index in [-0.39, 0.29) is 22.4 Å². The molecule has 61 heavy (non-hydrogen) atoms. The van der Waals surface area contributed by atoms with Crippen LogP contribution >= 0.6 is 23.5 Å². The minimum absolute atomic E-state index is 0.0351. The van der Waals surface area contributed by atoms with Crippen molar-refractivity contribution in [3.8, 4) is 0 Å². The Kier molecular flexibility index (Phi) is 13.5. The predicted octanol–water partition coefficient (Wildman–Crippen LogP) is 6.94. The summed E-state index contributed by atoms with van der Waals surface area (Å²) in [7, 11) is -17.4. The molecule has 0 radical (unpaired) electrons. The van der Waals surface area contributed by atoms with Gasteiger partial charge < -0.3 is 39.7 Å². The van der Waals surface area contributed by atoms with E-state index in [0.717, 1.165) is 37.4 Å². The molecule has 1 aliphatic heterocycles. The van der Waals surface area contributed by atoms with Gasteiger partial charge in [-0.15, -0.1) is 0 Å². The normalized spacial score (nSPS) is 37.1. The lowest BCUT2D eigenvalue weighted by Crippen LogP contribution is -2.51. The monoisotopic (exact) mass is 919 g/mol. The molecule has 2 aromatic heterocycles. The van der Waals surface area contributed by atoms with Gasteiger partial charge >= 0.3 is 29.6 Å². The number of aromatic nitrogens is 4. The van der Waals surface area contributed by atoms with Crippen molar-refractivity contribution in [1.82, 2.24) is 19.5 Å². The first-order chi connectivity index (χ1) is 28.5. The summed E-state index contributed by atoms with van der Waals surface area (Å²) in [5.41, 5.74) is 7.55. The number of allylic oxidation sites excluding steroid dienone is 1. The first-order valence-corrected chi connectivity index (χ1v) is 25.6. The smallest absolute Gasteiger partial charge is 0.430 e. The van der Waals surface area contributed by atoms with Crippen molar-refractivity contribution >= 4 is 46.6 Å². The number of phosphoric ester groups is 2. The van der Waals surface area contributed by atoms with Crippen molar-refractivity contribution in [2.45, 2.75) is 136 Å². The second-order valence-corrected chi connectivity index (χ2v) is 23.2. The summed E-state index contributed by atoms with van der Waals surface area (Å²) in [6.07, 6.45) is 7.39. The molecule has 0 bridgehead atoms. The quantitative estimate of drug-likeness (QED) is 0.0599. The van der Waals surface area contributed by atoms with Gasteiger partial charge in [-0.25, -0.2) is 33.4 Å². The van der Waals surface area contributed by atoms with Gasteiger partial charge in [0.1, 0.15) is 36.3 Å². The second kappa shape index (κ2) is 17.6. The van der Waals surface area contributed by atoms with E-state index in [9.17, 15) is 43.4 Å². The number of anilines is 1. The number of carbonyl (C=O) groups excluding carboxylic acids is 1. The maximum Gasteiger partial charge on any atom is 0.541 e. The highest BCUT2D eigenvalue weighted by Gasteiger charge is 2.59. The van der Waals surface area contributed by atoms with Crippen LogP contribution in [0.2, 0.25) is 0 Å². The molecule has 2 aromatic rings. The Morgan fingerprint density at radius 2 is 1.69 bits per heavy atom. The lowest BCUT2D eigenvalue weighted by Gasteiger charge is -2.58. The van der Waals surface area contributed by atoms with Crippen LogP contribution in [0.3, 0.4) is 0 Å². The second-order valence-electron chi connectivity index (χ2n) is 18.6. The summed E-state index contributed by atoms with van der Waals surface area (Å²) < 4.78 is 67.3. The van der Waals surface area contributed by atoms with Crippen molar-refractivity contribution in [2.24, 2.45) is 46.3 Å². The molecule has 23 heteroatoms. The number of nitrogens with two attached hydrogens (primary N) is 1. The molecule has 0 amide bonds. The van der Waals surface area contributed by atoms with Crippen LogP contribution < -0.4 is 5.73 Å². The Morgan fingerprint density at radius 1 is 0.951 bits per heavy atom. The zero-order valence-electron chi connectivity index (χ0n) is 35.1. The van der Waals surface area contributed by atoms with E-state index in [1.807, 2.05) is 0 Å². The van der Waals surface area contributed by atoms with Gasteiger partial charge in [0, 0.05) is 6.42 Å². The van der Waals surface area contributed by atoms with Gasteiger partial charge in [-0.3, -0.25) is 14.0 Å². The van der Waals surface area contributed by atoms with Gasteiger partial charge in [0.2, 0.25) is 0 Å². The van der Waals surface area contributed by atoms with Crippen LogP contribution in [0.5, 0.6) is 0 Å². The molecule has 4 aliphatic carbocycles. The molecule has 3 heterocycles. The fourth-order valence-electron chi connectivity index (χ4n) is 11.6. The molecule has 1 saturated heterocycles. The number of hydrogen-bond acceptors (Lipinski definition) is 16. The molecule has 0 spiro atoms. The first-order valence-electron chi connectivity index (χ1n) is 21.1. The predicted molar refractivity (Wildman–Crippen MR) is 218 cm³/mol. The van der Waals surface area contributed by atoms with E-state index in [1.54, 1.807) is 0 Å². The number of phosphoric acid groups is 3. The highest BCUT2D eigenvalue weighted by Crippen LogP contribution is 2.69. The summed E-state index contributed by atoms with van der Waals surface area (Å²) in [6.45, 7) is 10.9. The van der Waals surface area contributed by atoms with Gasteiger partial charge in [0.05, 0.1) is 12.9 Å². The van der Waals surface area contributed by atoms with E-state index < -0.39 is 66.9 Å². The van der Waals surface area contributed by atoms with Crippen LogP contribution in [0.25, 0.3) is 11.2 Å². The molecule has 4 unspecified atom stereocenters. The minimum Gasteiger partial charge on any atom is -0.430 e. The molecular formula is C38H60N5O15P3. The van der Waals surface area contributed by atoms with Crippen molar-refractivity contribution in [1.29, 1.82) is 0 Å².